The average Bonchev–Trinajstić information content (AvgIpc) is 2.41. The molecule has 0 fully saturated rings. The van der Waals surface area contributed by atoms with E-state index in [1.807, 2.05) is 25.1 Å². The van der Waals surface area contributed by atoms with Gasteiger partial charge in [0.25, 0.3) is 0 Å². The van der Waals surface area contributed by atoms with E-state index in [0.29, 0.717) is 15.1 Å². The van der Waals surface area contributed by atoms with E-state index in [1.165, 1.54) is 0 Å². The minimum Gasteiger partial charge on any atom is -0.394 e. The van der Waals surface area contributed by atoms with E-state index in [0.717, 1.165) is 11.3 Å². The fourth-order valence-electron chi connectivity index (χ4n) is 1.93. The number of rotatable bonds is 4. The molecular weight excluding hydrogens is 317 g/mol. The summed E-state index contributed by atoms with van der Waals surface area (Å²) in [5, 5.41) is 14.6. The van der Waals surface area contributed by atoms with Crippen molar-refractivity contribution >= 4 is 40.5 Å². The van der Waals surface area contributed by atoms with Crippen LogP contribution in [-0.4, -0.2) is 11.7 Å². The number of nitrogens with one attached hydrogen (secondary N) is 1. The number of aliphatic hydroxyl groups excluding tert-OH is 1. The Morgan fingerprint density at radius 3 is 2.40 bits per heavy atom. The zero-order valence-corrected chi connectivity index (χ0v) is 13.1. The van der Waals surface area contributed by atoms with Crippen molar-refractivity contribution in [3.63, 3.8) is 0 Å². The predicted octanol–water partition coefficient (Wildman–Crippen LogP) is 4.97. The standard InChI is InChI=1S/C15H14Cl3NO/c1-15(9-20,10-5-6-13(17)14(18)7-10)19-12-4-2-3-11(16)8-12/h2-8,19-20H,9H2,1H3. The summed E-state index contributed by atoms with van der Waals surface area (Å²) in [7, 11) is 0. The van der Waals surface area contributed by atoms with Gasteiger partial charge >= 0.3 is 0 Å². The molecule has 0 aliphatic carbocycles. The van der Waals surface area contributed by atoms with Crippen molar-refractivity contribution in [1.82, 2.24) is 0 Å². The Balaban J connectivity index is 2.35. The van der Waals surface area contributed by atoms with Crippen LogP contribution in [0.15, 0.2) is 42.5 Å². The molecule has 106 valence electrons. The molecule has 0 radical (unpaired) electrons. The van der Waals surface area contributed by atoms with Crippen LogP contribution in [0, 0.1) is 0 Å². The molecule has 0 bridgehead atoms. The molecule has 0 heterocycles. The van der Waals surface area contributed by atoms with E-state index in [9.17, 15) is 5.11 Å². The van der Waals surface area contributed by atoms with E-state index >= 15 is 0 Å². The fraction of sp³-hybridized carbons (Fsp3) is 0.200. The summed E-state index contributed by atoms with van der Waals surface area (Å²) in [6, 6.07) is 12.6. The number of anilines is 1. The minimum absolute atomic E-state index is 0.0997. The van der Waals surface area contributed by atoms with Gasteiger partial charge in [0.05, 0.1) is 22.2 Å². The second-order valence-corrected chi connectivity index (χ2v) is 6.01. The lowest BCUT2D eigenvalue weighted by molar-refractivity contribution is 0.224. The SMILES string of the molecule is CC(CO)(Nc1cccc(Cl)c1)c1ccc(Cl)c(Cl)c1. The van der Waals surface area contributed by atoms with Crippen molar-refractivity contribution < 1.29 is 5.11 Å². The van der Waals surface area contributed by atoms with Crippen LogP contribution in [0.4, 0.5) is 5.69 Å². The molecule has 1 unspecified atom stereocenters. The molecule has 0 spiro atoms. The largest absolute Gasteiger partial charge is 0.394 e. The maximum atomic E-state index is 9.76. The lowest BCUT2D eigenvalue weighted by Crippen LogP contribution is -2.35. The highest BCUT2D eigenvalue weighted by molar-refractivity contribution is 6.42. The van der Waals surface area contributed by atoms with Crippen molar-refractivity contribution in [2.45, 2.75) is 12.5 Å². The van der Waals surface area contributed by atoms with Gasteiger partial charge in [-0.1, -0.05) is 46.9 Å². The van der Waals surface area contributed by atoms with Crippen LogP contribution in [0.1, 0.15) is 12.5 Å². The van der Waals surface area contributed by atoms with Gasteiger partial charge in [-0.3, -0.25) is 0 Å². The second kappa shape index (κ2) is 6.23. The Hall–Kier alpha value is -0.930. The third-order valence-electron chi connectivity index (χ3n) is 3.12. The fourth-order valence-corrected chi connectivity index (χ4v) is 2.42. The first-order valence-electron chi connectivity index (χ1n) is 6.05. The smallest absolute Gasteiger partial charge is 0.0828 e. The Kier molecular flexibility index (Phi) is 4.82. The van der Waals surface area contributed by atoms with Crippen LogP contribution in [0.5, 0.6) is 0 Å². The number of benzene rings is 2. The summed E-state index contributed by atoms with van der Waals surface area (Å²) >= 11 is 17.9. The molecule has 0 aliphatic rings. The van der Waals surface area contributed by atoms with E-state index in [4.69, 9.17) is 34.8 Å². The molecule has 2 N–H and O–H groups in total. The molecule has 2 rings (SSSR count). The first-order valence-corrected chi connectivity index (χ1v) is 7.18. The Morgan fingerprint density at radius 1 is 1.05 bits per heavy atom. The maximum Gasteiger partial charge on any atom is 0.0828 e. The lowest BCUT2D eigenvalue weighted by atomic mass is 9.92. The summed E-state index contributed by atoms with van der Waals surface area (Å²) in [4.78, 5) is 0. The summed E-state index contributed by atoms with van der Waals surface area (Å²) < 4.78 is 0. The lowest BCUT2D eigenvalue weighted by Gasteiger charge is -2.31. The predicted molar refractivity (Wildman–Crippen MR) is 86.0 cm³/mol. The van der Waals surface area contributed by atoms with Crippen molar-refractivity contribution in [3.8, 4) is 0 Å². The molecule has 20 heavy (non-hydrogen) atoms. The number of halogens is 3. The molecular formula is C15H14Cl3NO. The summed E-state index contributed by atoms with van der Waals surface area (Å²) in [5.41, 5.74) is 0.980. The van der Waals surface area contributed by atoms with Gasteiger partial charge in [0, 0.05) is 10.7 Å². The molecule has 0 aliphatic heterocycles. The number of hydrogen-bond acceptors (Lipinski definition) is 2. The summed E-state index contributed by atoms with van der Waals surface area (Å²) in [6.45, 7) is 1.78. The van der Waals surface area contributed by atoms with Gasteiger partial charge in [-0.05, 0) is 42.8 Å². The van der Waals surface area contributed by atoms with Crippen LogP contribution in [0.3, 0.4) is 0 Å². The summed E-state index contributed by atoms with van der Waals surface area (Å²) in [6.07, 6.45) is 0. The maximum absolute atomic E-state index is 9.76. The molecule has 0 amide bonds. The topological polar surface area (TPSA) is 32.3 Å². The molecule has 0 aromatic heterocycles. The van der Waals surface area contributed by atoms with E-state index in [-0.39, 0.29) is 6.61 Å². The van der Waals surface area contributed by atoms with Gasteiger partial charge in [-0.2, -0.15) is 0 Å². The minimum atomic E-state index is -0.682. The van der Waals surface area contributed by atoms with E-state index in [2.05, 4.69) is 5.32 Å². The van der Waals surface area contributed by atoms with Crippen LogP contribution in [0.2, 0.25) is 15.1 Å². The first kappa shape index (κ1) is 15.5. The third-order valence-corrected chi connectivity index (χ3v) is 4.09. The molecule has 2 aromatic rings. The monoisotopic (exact) mass is 329 g/mol. The molecule has 0 saturated carbocycles. The highest BCUT2D eigenvalue weighted by atomic mass is 35.5. The molecule has 0 saturated heterocycles. The van der Waals surface area contributed by atoms with Gasteiger partial charge < -0.3 is 10.4 Å². The zero-order chi connectivity index (χ0) is 14.8. The van der Waals surface area contributed by atoms with E-state index < -0.39 is 5.54 Å². The van der Waals surface area contributed by atoms with Gasteiger partial charge in [0.1, 0.15) is 0 Å². The van der Waals surface area contributed by atoms with E-state index in [1.54, 1.807) is 24.3 Å². The number of hydrogen-bond donors (Lipinski definition) is 2. The quantitative estimate of drug-likeness (QED) is 0.830. The van der Waals surface area contributed by atoms with Crippen LogP contribution in [0.25, 0.3) is 0 Å². The molecule has 2 aromatic carbocycles. The molecule has 5 heteroatoms. The van der Waals surface area contributed by atoms with Gasteiger partial charge in [0.2, 0.25) is 0 Å². The van der Waals surface area contributed by atoms with Crippen molar-refractivity contribution in [1.29, 1.82) is 0 Å². The normalized spacial score (nSPS) is 13.8. The van der Waals surface area contributed by atoms with Crippen LogP contribution < -0.4 is 5.32 Å². The Labute approximate surface area is 133 Å². The van der Waals surface area contributed by atoms with Crippen LogP contribution >= 0.6 is 34.8 Å². The average molecular weight is 331 g/mol. The van der Waals surface area contributed by atoms with Crippen molar-refractivity contribution in [2.75, 3.05) is 11.9 Å². The summed E-state index contributed by atoms with van der Waals surface area (Å²) in [5.74, 6) is 0. The first-order chi connectivity index (χ1) is 9.44. The van der Waals surface area contributed by atoms with Crippen molar-refractivity contribution in [3.05, 3.63) is 63.1 Å². The zero-order valence-electron chi connectivity index (χ0n) is 10.8. The van der Waals surface area contributed by atoms with Gasteiger partial charge in [-0.15, -0.1) is 0 Å². The Morgan fingerprint density at radius 2 is 1.80 bits per heavy atom. The molecule has 2 nitrogen and oxygen atoms in total. The highest BCUT2D eigenvalue weighted by Crippen LogP contribution is 2.31. The second-order valence-electron chi connectivity index (χ2n) is 4.75. The van der Waals surface area contributed by atoms with Gasteiger partial charge in [0.15, 0.2) is 0 Å². The highest BCUT2D eigenvalue weighted by Gasteiger charge is 2.26. The molecule has 1 atom stereocenters. The number of aliphatic hydroxyl groups is 1. The van der Waals surface area contributed by atoms with Gasteiger partial charge in [-0.25, -0.2) is 0 Å². The Bertz CT molecular complexity index is 618. The van der Waals surface area contributed by atoms with Crippen molar-refractivity contribution in [2.24, 2.45) is 0 Å². The third kappa shape index (κ3) is 3.39. The van der Waals surface area contributed by atoms with Crippen LogP contribution in [-0.2, 0) is 5.54 Å².